The molecular weight excluding hydrogens is 480 g/mol. The van der Waals surface area contributed by atoms with Crippen molar-refractivity contribution < 1.29 is 43.0 Å². The van der Waals surface area contributed by atoms with E-state index < -0.39 is 0 Å². The Balaban J connectivity index is 1.50. The topological polar surface area (TPSA) is 94.1 Å². The first-order valence-corrected chi connectivity index (χ1v) is 12.7. The highest BCUT2D eigenvalue weighted by Crippen LogP contribution is 2.28. The van der Waals surface area contributed by atoms with E-state index in [1.165, 1.54) is 11.1 Å². The highest BCUT2D eigenvalue weighted by Gasteiger charge is 2.07. The van der Waals surface area contributed by atoms with E-state index in [1.54, 1.807) is 14.2 Å². The van der Waals surface area contributed by atoms with Crippen LogP contribution in [0.4, 0.5) is 0 Å². The molecule has 0 unspecified atom stereocenters. The number of ether oxygens (including phenoxy) is 8. The summed E-state index contributed by atoms with van der Waals surface area (Å²) in [6.45, 7) is 5.19. The highest BCUT2D eigenvalue weighted by molar-refractivity contribution is 5.43. The van der Waals surface area contributed by atoms with Crippen molar-refractivity contribution in [2.75, 3.05) is 93.5 Å². The molecule has 0 aromatic heterocycles. The number of hydrogen-bond donors (Lipinski definition) is 1. The summed E-state index contributed by atoms with van der Waals surface area (Å²) in [6, 6.07) is 14.2. The Hall–Kier alpha value is -2.40. The van der Waals surface area contributed by atoms with E-state index in [2.05, 4.69) is 18.2 Å². The first kappa shape index (κ1) is 30.8. The van der Waals surface area contributed by atoms with E-state index in [0.717, 1.165) is 18.6 Å². The van der Waals surface area contributed by atoms with Crippen molar-refractivity contribution in [3.8, 4) is 17.2 Å². The molecule has 0 bridgehead atoms. The van der Waals surface area contributed by atoms with Crippen LogP contribution in [0.25, 0.3) is 0 Å². The normalized spacial score (nSPS) is 11.0. The van der Waals surface area contributed by atoms with Gasteiger partial charge in [-0.2, -0.15) is 0 Å². The molecule has 0 aliphatic rings. The first-order chi connectivity index (χ1) is 18.3. The Bertz CT molecular complexity index is 814. The average molecular weight is 523 g/mol. The molecule has 0 spiro atoms. The Morgan fingerprint density at radius 3 is 1.51 bits per heavy atom. The van der Waals surface area contributed by atoms with Gasteiger partial charge in [-0.25, -0.2) is 0 Å². The van der Waals surface area contributed by atoms with Crippen molar-refractivity contribution in [2.24, 2.45) is 0 Å². The van der Waals surface area contributed by atoms with Crippen LogP contribution in [0.15, 0.2) is 42.5 Å². The molecule has 0 radical (unpaired) electrons. The zero-order chi connectivity index (χ0) is 26.4. The maximum absolute atomic E-state index is 8.59. The van der Waals surface area contributed by atoms with Crippen molar-refractivity contribution in [1.82, 2.24) is 0 Å². The largest absolute Gasteiger partial charge is 0.497 e. The molecule has 0 fully saturated rings. The van der Waals surface area contributed by atoms with E-state index >= 15 is 0 Å². The summed E-state index contributed by atoms with van der Waals surface area (Å²) in [5.74, 6) is 2.28. The molecule has 0 aliphatic heterocycles. The maximum atomic E-state index is 8.59. The maximum Gasteiger partial charge on any atom is 0.161 e. The fourth-order valence-corrected chi connectivity index (χ4v) is 3.33. The molecule has 2 aromatic carbocycles. The molecule has 0 amide bonds. The van der Waals surface area contributed by atoms with Crippen molar-refractivity contribution in [2.45, 2.75) is 12.8 Å². The van der Waals surface area contributed by atoms with Crippen molar-refractivity contribution >= 4 is 0 Å². The van der Waals surface area contributed by atoms with Crippen molar-refractivity contribution in [1.29, 1.82) is 0 Å². The number of aliphatic hydroxyl groups is 1. The predicted octanol–water partition coefficient (Wildman–Crippen LogP) is 2.94. The number of aryl methyl sites for hydroxylation is 2. The van der Waals surface area contributed by atoms with Crippen LogP contribution in [0.3, 0.4) is 0 Å². The second kappa shape index (κ2) is 20.6. The minimum Gasteiger partial charge on any atom is -0.497 e. The van der Waals surface area contributed by atoms with Gasteiger partial charge < -0.3 is 43.0 Å². The molecule has 0 atom stereocenters. The smallest absolute Gasteiger partial charge is 0.161 e. The summed E-state index contributed by atoms with van der Waals surface area (Å²) in [4.78, 5) is 0. The van der Waals surface area contributed by atoms with Crippen molar-refractivity contribution in [3.63, 3.8) is 0 Å². The lowest BCUT2D eigenvalue weighted by Gasteiger charge is -2.13. The minimum absolute atomic E-state index is 0.0266. The molecule has 208 valence electrons. The summed E-state index contributed by atoms with van der Waals surface area (Å²) in [5, 5.41) is 8.59. The number of hydrogen-bond acceptors (Lipinski definition) is 9. The zero-order valence-electron chi connectivity index (χ0n) is 22.2. The van der Waals surface area contributed by atoms with Crippen LogP contribution in [0.1, 0.15) is 11.1 Å². The zero-order valence-corrected chi connectivity index (χ0v) is 22.2. The summed E-state index contributed by atoms with van der Waals surface area (Å²) >= 11 is 0. The van der Waals surface area contributed by atoms with E-state index in [9.17, 15) is 0 Å². The Morgan fingerprint density at radius 2 is 1.00 bits per heavy atom. The number of rotatable bonds is 23. The molecular formula is C28H42O9. The van der Waals surface area contributed by atoms with E-state index in [-0.39, 0.29) is 6.61 Å². The standard InChI is InChI=1S/C28H42O9/c1-30-26-8-5-24(6-9-26)3-4-25-7-10-27(31-2)28(23-25)37-22-21-36-20-19-35-18-17-34-16-15-33-14-13-32-12-11-29/h5-10,23,29H,3-4,11-22H2,1-2H3. The van der Waals surface area contributed by atoms with Gasteiger partial charge in [0.2, 0.25) is 0 Å². The quantitative estimate of drug-likeness (QED) is 0.221. The lowest BCUT2D eigenvalue weighted by molar-refractivity contribution is -0.0147. The van der Waals surface area contributed by atoms with Crippen LogP contribution in [0, 0.1) is 0 Å². The molecule has 0 aliphatic carbocycles. The van der Waals surface area contributed by atoms with Crippen LogP contribution in [0.2, 0.25) is 0 Å². The minimum atomic E-state index is 0.0266. The Kier molecular flexibility index (Phi) is 17.2. The van der Waals surface area contributed by atoms with Gasteiger partial charge in [-0.15, -0.1) is 0 Å². The van der Waals surface area contributed by atoms with Crippen molar-refractivity contribution in [3.05, 3.63) is 53.6 Å². The van der Waals surface area contributed by atoms with Crippen LogP contribution in [-0.2, 0) is 36.5 Å². The van der Waals surface area contributed by atoms with Crippen LogP contribution in [-0.4, -0.2) is 98.6 Å². The molecule has 37 heavy (non-hydrogen) atoms. The Labute approximate surface area is 220 Å². The average Bonchev–Trinajstić information content (AvgIpc) is 2.94. The number of methoxy groups -OCH3 is 2. The van der Waals surface area contributed by atoms with Crippen LogP contribution >= 0.6 is 0 Å². The lowest BCUT2D eigenvalue weighted by atomic mass is 10.0. The van der Waals surface area contributed by atoms with Gasteiger partial charge >= 0.3 is 0 Å². The van der Waals surface area contributed by atoms with Gasteiger partial charge in [0.1, 0.15) is 12.4 Å². The van der Waals surface area contributed by atoms with Gasteiger partial charge in [-0.3, -0.25) is 0 Å². The van der Waals surface area contributed by atoms with Gasteiger partial charge in [0.15, 0.2) is 11.5 Å². The number of benzene rings is 2. The summed E-state index contributed by atoms with van der Waals surface area (Å²) in [7, 11) is 3.31. The summed E-state index contributed by atoms with van der Waals surface area (Å²) in [6.07, 6.45) is 1.83. The molecule has 0 saturated heterocycles. The molecule has 1 N–H and O–H groups in total. The molecule has 9 heteroatoms. The van der Waals surface area contributed by atoms with Gasteiger partial charge in [0.25, 0.3) is 0 Å². The van der Waals surface area contributed by atoms with E-state index in [4.69, 9.17) is 43.0 Å². The number of aliphatic hydroxyl groups excluding tert-OH is 1. The SMILES string of the molecule is COc1ccc(CCc2ccc(OC)c(OCCOCCOCCOCCOCCOCCO)c2)cc1. The monoisotopic (exact) mass is 522 g/mol. The van der Waals surface area contributed by atoms with Gasteiger partial charge in [-0.05, 0) is 48.2 Å². The lowest BCUT2D eigenvalue weighted by Crippen LogP contribution is -2.14. The van der Waals surface area contributed by atoms with E-state index in [1.807, 2.05) is 24.3 Å². The third kappa shape index (κ3) is 14.2. The van der Waals surface area contributed by atoms with E-state index in [0.29, 0.717) is 84.2 Å². The molecule has 2 aromatic rings. The van der Waals surface area contributed by atoms with Crippen LogP contribution < -0.4 is 14.2 Å². The fourth-order valence-electron chi connectivity index (χ4n) is 3.33. The predicted molar refractivity (Wildman–Crippen MR) is 140 cm³/mol. The summed E-state index contributed by atoms with van der Waals surface area (Å²) < 4.78 is 43.5. The second-order valence-electron chi connectivity index (χ2n) is 7.97. The van der Waals surface area contributed by atoms with Gasteiger partial charge in [0, 0.05) is 0 Å². The Morgan fingerprint density at radius 1 is 0.514 bits per heavy atom. The third-order valence-corrected chi connectivity index (χ3v) is 5.30. The fraction of sp³-hybridized carbons (Fsp3) is 0.571. The molecule has 0 heterocycles. The second-order valence-corrected chi connectivity index (χ2v) is 7.97. The van der Waals surface area contributed by atoms with Gasteiger partial charge in [-0.1, -0.05) is 18.2 Å². The molecule has 0 saturated carbocycles. The molecule has 9 nitrogen and oxygen atoms in total. The summed E-state index contributed by atoms with van der Waals surface area (Å²) in [5.41, 5.74) is 2.44. The third-order valence-electron chi connectivity index (χ3n) is 5.30. The highest BCUT2D eigenvalue weighted by atomic mass is 16.6. The first-order valence-electron chi connectivity index (χ1n) is 12.7. The molecule has 2 rings (SSSR count). The van der Waals surface area contributed by atoms with Gasteiger partial charge in [0.05, 0.1) is 86.9 Å². The van der Waals surface area contributed by atoms with Crippen LogP contribution in [0.5, 0.6) is 17.2 Å².